The highest BCUT2D eigenvalue weighted by atomic mass is 15.6. The van der Waals surface area contributed by atoms with Crippen LogP contribution < -0.4 is 4.80 Å². The second-order valence-electron chi connectivity index (χ2n) is 8.63. The quantitative estimate of drug-likeness (QED) is 0.305. The van der Waals surface area contributed by atoms with Crippen LogP contribution in [0.15, 0.2) is 115 Å². The third-order valence-electron chi connectivity index (χ3n) is 6.27. The molecule has 0 spiro atoms. The molecule has 0 fully saturated rings. The summed E-state index contributed by atoms with van der Waals surface area (Å²) in [6.45, 7) is 4.09. The van der Waals surface area contributed by atoms with Gasteiger partial charge in [0.05, 0.1) is 5.69 Å². The van der Waals surface area contributed by atoms with Crippen LogP contribution in [0, 0.1) is 13.8 Å². The largest absolute Gasteiger partial charge is 0.279 e. The maximum absolute atomic E-state index is 5.09. The Morgan fingerprint density at radius 2 is 1.22 bits per heavy atom. The molecule has 0 N–H and O–H groups in total. The van der Waals surface area contributed by atoms with Crippen LogP contribution in [0.5, 0.6) is 0 Å². The van der Waals surface area contributed by atoms with Gasteiger partial charge < -0.3 is 0 Å². The van der Waals surface area contributed by atoms with Crippen molar-refractivity contribution in [1.82, 2.24) is 24.5 Å². The molecular formula is C30H25N6+. The molecule has 0 aliphatic heterocycles. The fourth-order valence-corrected chi connectivity index (χ4v) is 4.56. The van der Waals surface area contributed by atoms with E-state index < -0.39 is 0 Å². The molecule has 6 nitrogen and oxygen atoms in total. The summed E-state index contributed by atoms with van der Waals surface area (Å²) in [6.07, 6.45) is 0. The molecule has 6 rings (SSSR count). The molecule has 2 aromatic heterocycles. The second kappa shape index (κ2) is 9.07. The highest BCUT2D eigenvalue weighted by Gasteiger charge is 2.26. The molecule has 0 atom stereocenters. The van der Waals surface area contributed by atoms with Crippen LogP contribution in [-0.4, -0.2) is 24.5 Å². The van der Waals surface area contributed by atoms with Crippen molar-refractivity contribution in [2.24, 2.45) is 0 Å². The third kappa shape index (κ3) is 3.79. The number of hydrogen-bond donors (Lipinski definition) is 0. The van der Waals surface area contributed by atoms with Crippen molar-refractivity contribution in [2.45, 2.75) is 13.8 Å². The Morgan fingerprint density at radius 1 is 0.611 bits per heavy atom. The number of aryl methyl sites for hydroxylation is 1. The SMILES string of the molecule is Cc1nnc(-c2ccccc2)n1-c1cccc(-[n+]2nc(-c3ccccc3)c(C)n2-c2ccccc2)c1. The minimum absolute atomic E-state index is 0.808. The van der Waals surface area contributed by atoms with Crippen molar-refractivity contribution in [2.75, 3.05) is 0 Å². The third-order valence-corrected chi connectivity index (χ3v) is 6.27. The number of nitrogens with zero attached hydrogens (tertiary/aromatic N) is 6. The van der Waals surface area contributed by atoms with Gasteiger partial charge in [-0.15, -0.1) is 10.2 Å². The molecule has 0 saturated carbocycles. The fourth-order valence-electron chi connectivity index (χ4n) is 4.56. The van der Waals surface area contributed by atoms with E-state index in [1.54, 1.807) is 0 Å². The lowest BCUT2D eigenvalue weighted by Crippen LogP contribution is -2.43. The van der Waals surface area contributed by atoms with Crippen molar-refractivity contribution in [3.63, 3.8) is 0 Å². The molecule has 6 heteroatoms. The van der Waals surface area contributed by atoms with E-state index in [0.717, 1.165) is 51.2 Å². The number of aromatic nitrogens is 6. The van der Waals surface area contributed by atoms with E-state index in [0.29, 0.717) is 0 Å². The van der Waals surface area contributed by atoms with Crippen LogP contribution in [0.3, 0.4) is 0 Å². The van der Waals surface area contributed by atoms with Crippen molar-refractivity contribution in [3.05, 3.63) is 127 Å². The first-order valence-electron chi connectivity index (χ1n) is 11.9. The van der Waals surface area contributed by atoms with Crippen molar-refractivity contribution in [3.8, 4) is 39.7 Å². The molecule has 0 unspecified atom stereocenters. The molecule has 0 amide bonds. The monoisotopic (exact) mass is 469 g/mol. The van der Waals surface area contributed by atoms with E-state index in [4.69, 9.17) is 5.10 Å². The minimum atomic E-state index is 0.808. The molecule has 0 saturated heterocycles. The summed E-state index contributed by atoms with van der Waals surface area (Å²) < 4.78 is 4.23. The van der Waals surface area contributed by atoms with E-state index in [1.165, 1.54) is 0 Å². The average molecular weight is 470 g/mol. The second-order valence-corrected chi connectivity index (χ2v) is 8.63. The van der Waals surface area contributed by atoms with E-state index in [2.05, 4.69) is 81.0 Å². The van der Waals surface area contributed by atoms with Gasteiger partial charge in [0.1, 0.15) is 17.2 Å². The lowest BCUT2D eigenvalue weighted by Gasteiger charge is -2.09. The average Bonchev–Trinajstić information content (AvgIpc) is 3.50. The standard InChI is InChI=1S/C30H25N6/c1-22-29(24-13-6-3-7-14-24)33-36(35(22)26-17-10-5-11-18-26)28-20-12-19-27(21-28)34-23(2)31-32-30(34)25-15-8-4-9-16-25/h3-21H,1-2H3/q+1. The van der Waals surface area contributed by atoms with Gasteiger partial charge in [0.2, 0.25) is 0 Å². The zero-order chi connectivity index (χ0) is 24.5. The summed E-state index contributed by atoms with van der Waals surface area (Å²) in [6, 6.07) is 39.1. The van der Waals surface area contributed by atoms with Crippen molar-refractivity contribution in [1.29, 1.82) is 0 Å². The smallest absolute Gasteiger partial charge is 0.268 e. The van der Waals surface area contributed by atoms with Gasteiger partial charge in [0.15, 0.2) is 11.5 Å². The Labute approximate surface area is 209 Å². The molecule has 0 radical (unpaired) electrons. The highest BCUT2D eigenvalue weighted by Crippen LogP contribution is 2.25. The Hall–Kier alpha value is -4.84. The van der Waals surface area contributed by atoms with Crippen molar-refractivity contribution >= 4 is 0 Å². The molecule has 174 valence electrons. The number of hydrogen-bond acceptors (Lipinski definition) is 3. The van der Waals surface area contributed by atoms with Gasteiger partial charge in [-0.3, -0.25) is 4.57 Å². The lowest BCUT2D eigenvalue weighted by molar-refractivity contribution is -0.731. The molecule has 6 aromatic rings. The maximum Gasteiger partial charge on any atom is 0.268 e. The molecule has 36 heavy (non-hydrogen) atoms. The number of para-hydroxylation sites is 1. The van der Waals surface area contributed by atoms with Crippen LogP contribution in [0.1, 0.15) is 11.5 Å². The Kier molecular flexibility index (Phi) is 5.46. The fraction of sp³-hybridized carbons (Fsp3) is 0.0667. The minimum Gasteiger partial charge on any atom is -0.279 e. The van der Waals surface area contributed by atoms with Crippen LogP contribution in [0.4, 0.5) is 0 Å². The molecular weight excluding hydrogens is 444 g/mol. The van der Waals surface area contributed by atoms with Gasteiger partial charge >= 0.3 is 0 Å². The zero-order valence-corrected chi connectivity index (χ0v) is 20.2. The maximum atomic E-state index is 5.09. The predicted octanol–water partition coefficient (Wildman–Crippen LogP) is 5.68. The zero-order valence-electron chi connectivity index (χ0n) is 20.2. The Balaban J connectivity index is 1.54. The summed E-state index contributed by atoms with van der Waals surface area (Å²) in [4.78, 5) is 1.97. The number of rotatable bonds is 5. The highest BCUT2D eigenvalue weighted by molar-refractivity contribution is 5.62. The Bertz CT molecular complexity index is 1630. The van der Waals surface area contributed by atoms with Gasteiger partial charge in [-0.1, -0.05) is 89.6 Å². The molecule has 4 aromatic carbocycles. The first-order valence-corrected chi connectivity index (χ1v) is 11.9. The van der Waals surface area contributed by atoms with Crippen LogP contribution in [0.2, 0.25) is 0 Å². The van der Waals surface area contributed by atoms with Crippen LogP contribution in [0.25, 0.3) is 39.7 Å². The summed E-state index contributed by atoms with van der Waals surface area (Å²) in [5.74, 6) is 1.63. The predicted molar refractivity (Wildman–Crippen MR) is 140 cm³/mol. The van der Waals surface area contributed by atoms with Gasteiger partial charge in [-0.25, -0.2) is 0 Å². The first kappa shape index (κ1) is 21.7. The summed E-state index contributed by atoms with van der Waals surface area (Å²) in [5, 5.41) is 13.9. The molecule has 2 heterocycles. The normalized spacial score (nSPS) is 11.1. The summed E-state index contributed by atoms with van der Waals surface area (Å²) in [5.41, 5.74) is 7.05. The van der Waals surface area contributed by atoms with Crippen molar-refractivity contribution < 1.29 is 4.80 Å². The van der Waals surface area contributed by atoms with Crippen LogP contribution >= 0.6 is 0 Å². The van der Waals surface area contributed by atoms with E-state index >= 15 is 0 Å². The number of benzene rings is 4. The van der Waals surface area contributed by atoms with Gasteiger partial charge in [0.25, 0.3) is 5.69 Å². The van der Waals surface area contributed by atoms with E-state index in [9.17, 15) is 0 Å². The Morgan fingerprint density at radius 3 is 1.92 bits per heavy atom. The lowest BCUT2D eigenvalue weighted by atomic mass is 10.1. The first-order chi connectivity index (χ1) is 17.7. The topological polar surface area (TPSA) is 52.4 Å². The molecule has 0 aliphatic carbocycles. The van der Waals surface area contributed by atoms with E-state index in [1.807, 2.05) is 72.4 Å². The van der Waals surface area contributed by atoms with Gasteiger partial charge in [0, 0.05) is 33.2 Å². The molecule has 0 aliphatic rings. The van der Waals surface area contributed by atoms with Gasteiger partial charge in [-0.2, -0.15) is 0 Å². The van der Waals surface area contributed by atoms with E-state index in [-0.39, 0.29) is 0 Å². The molecule has 0 bridgehead atoms. The summed E-state index contributed by atoms with van der Waals surface area (Å²) in [7, 11) is 0. The summed E-state index contributed by atoms with van der Waals surface area (Å²) >= 11 is 0. The van der Waals surface area contributed by atoms with Gasteiger partial charge in [-0.05, 0) is 32.0 Å². The van der Waals surface area contributed by atoms with Crippen LogP contribution in [-0.2, 0) is 0 Å².